The van der Waals surface area contributed by atoms with Gasteiger partial charge in [0, 0.05) is 34.5 Å². The fraction of sp³-hybridized carbons (Fsp3) is 0.167. The molecule has 1 aromatic carbocycles. The van der Waals surface area contributed by atoms with Crippen LogP contribution in [0.25, 0.3) is 0 Å². The highest BCUT2D eigenvalue weighted by Gasteiger charge is 2.14. The zero-order valence-corrected chi connectivity index (χ0v) is 12.0. The van der Waals surface area contributed by atoms with E-state index in [1.807, 2.05) is 0 Å². The van der Waals surface area contributed by atoms with Crippen molar-refractivity contribution in [3.05, 3.63) is 49.4 Å². The Balaban J connectivity index is 2.22. The molecular weight excluding hydrogens is 302 g/mol. The Hall–Kier alpha value is -1.99. The molecular formula is C12H10ClN3O3S. The van der Waals surface area contributed by atoms with Gasteiger partial charge in [0.05, 0.1) is 11.5 Å². The highest BCUT2D eigenvalue weighted by molar-refractivity contribution is 7.15. The molecule has 0 spiro atoms. The number of nitrogens with one attached hydrogen (secondary N) is 1. The summed E-state index contributed by atoms with van der Waals surface area (Å²) in [7, 11) is 0. The molecule has 0 saturated heterocycles. The molecule has 0 bridgehead atoms. The Morgan fingerprint density at radius 1 is 1.55 bits per heavy atom. The van der Waals surface area contributed by atoms with Crippen LogP contribution in [0, 0.1) is 10.1 Å². The number of anilines is 1. The lowest BCUT2D eigenvalue weighted by Gasteiger charge is -2.09. The Bertz CT molecular complexity index is 672. The number of Topliss-reactive ketones (excluding diaryl/α,β-unsaturated/α-hetero) is 1. The van der Waals surface area contributed by atoms with Crippen LogP contribution in [0.3, 0.4) is 0 Å². The first-order chi connectivity index (χ1) is 9.47. The topological polar surface area (TPSA) is 85.1 Å². The minimum absolute atomic E-state index is 0.110. The first-order valence-corrected chi connectivity index (χ1v) is 6.80. The number of ketones is 1. The van der Waals surface area contributed by atoms with Crippen LogP contribution < -0.4 is 5.32 Å². The molecule has 1 N–H and O–H groups in total. The van der Waals surface area contributed by atoms with Crippen molar-refractivity contribution in [2.75, 3.05) is 5.32 Å². The number of hydrogen-bond donors (Lipinski definition) is 1. The SMILES string of the molecule is CC(=O)c1cc([N+](=O)[O-])ccc1NCc1cnc(Cl)s1. The maximum Gasteiger partial charge on any atom is 0.270 e. The number of non-ortho nitro benzene ring substituents is 1. The van der Waals surface area contributed by atoms with Crippen molar-refractivity contribution in [1.29, 1.82) is 0 Å². The highest BCUT2D eigenvalue weighted by Crippen LogP contribution is 2.24. The van der Waals surface area contributed by atoms with Gasteiger partial charge in [-0.3, -0.25) is 14.9 Å². The number of thiazole rings is 1. The van der Waals surface area contributed by atoms with E-state index in [0.717, 1.165) is 4.88 Å². The summed E-state index contributed by atoms with van der Waals surface area (Å²) in [5.74, 6) is -0.237. The van der Waals surface area contributed by atoms with Gasteiger partial charge in [0.2, 0.25) is 0 Å². The molecule has 0 saturated carbocycles. The third-order valence-corrected chi connectivity index (χ3v) is 3.69. The molecule has 0 aliphatic carbocycles. The van der Waals surface area contributed by atoms with Crippen LogP contribution >= 0.6 is 22.9 Å². The van der Waals surface area contributed by atoms with Crippen molar-refractivity contribution in [2.24, 2.45) is 0 Å². The van der Waals surface area contributed by atoms with Crippen LogP contribution in [0.4, 0.5) is 11.4 Å². The van der Waals surface area contributed by atoms with E-state index in [1.54, 1.807) is 6.20 Å². The van der Waals surface area contributed by atoms with Gasteiger partial charge in [0.15, 0.2) is 10.3 Å². The summed E-state index contributed by atoms with van der Waals surface area (Å²) in [5, 5.41) is 13.8. The number of carbonyl (C=O) groups excluding carboxylic acids is 1. The van der Waals surface area contributed by atoms with Gasteiger partial charge in [-0.1, -0.05) is 11.6 Å². The van der Waals surface area contributed by atoms with E-state index in [1.165, 1.54) is 36.5 Å². The van der Waals surface area contributed by atoms with Gasteiger partial charge in [-0.2, -0.15) is 0 Å². The standard InChI is InChI=1S/C12H10ClN3O3S/c1-7(17)10-4-8(16(18)19)2-3-11(10)14-5-9-6-15-12(13)20-9/h2-4,6,14H,5H2,1H3. The van der Waals surface area contributed by atoms with Gasteiger partial charge in [0.25, 0.3) is 5.69 Å². The van der Waals surface area contributed by atoms with Crippen LogP contribution in [0.1, 0.15) is 22.2 Å². The molecule has 0 fully saturated rings. The molecule has 0 aliphatic heterocycles. The number of nitrogens with zero attached hydrogens (tertiary/aromatic N) is 2. The quantitative estimate of drug-likeness (QED) is 0.519. The number of aromatic nitrogens is 1. The maximum absolute atomic E-state index is 11.6. The van der Waals surface area contributed by atoms with Gasteiger partial charge in [-0.05, 0) is 13.0 Å². The number of carbonyl (C=O) groups is 1. The first kappa shape index (κ1) is 14.4. The fourth-order valence-electron chi connectivity index (χ4n) is 1.64. The third kappa shape index (κ3) is 3.31. The zero-order chi connectivity index (χ0) is 14.7. The number of hydrogen-bond acceptors (Lipinski definition) is 6. The van der Waals surface area contributed by atoms with Gasteiger partial charge in [-0.25, -0.2) is 4.98 Å². The van der Waals surface area contributed by atoms with E-state index in [4.69, 9.17) is 11.6 Å². The third-order valence-electron chi connectivity index (χ3n) is 2.57. The molecule has 0 atom stereocenters. The van der Waals surface area contributed by atoms with E-state index < -0.39 is 4.92 Å². The lowest BCUT2D eigenvalue weighted by molar-refractivity contribution is -0.384. The summed E-state index contributed by atoms with van der Waals surface area (Å²) in [6, 6.07) is 4.15. The number of rotatable bonds is 5. The van der Waals surface area contributed by atoms with Crippen molar-refractivity contribution < 1.29 is 9.72 Å². The average molecular weight is 312 g/mol. The normalized spacial score (nSPS) is 10.3. The lowest BCUT2D eigenvalue weighted by atomic mass is 10.1. The number of halogens is 1. The van der Waals surface area contributed by atoms with Crippen molar-refractivity contribution in [3.63, 3.8) is 0 Å². The van der Waals surface area contributed by atoms with Gasteiger partial charge in [0.1, 0.15) is 0 Å². The number of nitro groups is 1. The van der Waals surface area contributed by atoms with Crippen molar-refractivity contribution >= 4 is 40.1 Å². The second-order valence-electron chi connectivity index (χ2n) is 3.98. The molecule has 2 aromatic rings. The van der Waals surface area contributed by atoms with Crippen molar-refractivity contribution in [2.45, 2.75) is 13.5 Å². The maximum atomic E-state index is 11.6. The predicted molar refractivity (Wildman–Crippen MR) is 77.6 cm³/mol. The van der Waals surface area contributed by atoms with E-state index in [9.17, 15) is 14.9 Å². The average Bonchev–Trinajstić information content (AvgIpc) is 2.81. The van der Waals surface area contributed by atoms with Crippen LogP contribution in [0.15, 0.2) is 24.4 Å². The second-order valence-corrected chi connectivity index (χ2v) is 5.67. The Morgan fingerprint density at radius 2 is 2.30 bits per heavy atom. The molecule has 0 unspecified atom stereocenters. The zero-order valence-electron chi connectivity index (χ0n) is 10.4. The summed E-state index contributed by atoms with van der Waals surface area (Å²) >= 11 is 7.06. The van der Waals surface area contributed by atoms with Gasteiger partial charge in [-0.15, -0.1) is 11.3 Å². The summed E-state index contributed by atoms with van der Waals surface area (Å²) in [6.45, 7) is 1.82. The smallest absolute Gasteiger partial charge is 0.270 e. The van der Waals surface area contributed by atoms with E-state index in [0.29, 0.717) is 16.7 Å². The largest absolute Gasteiger partial charge is 0.379 e. The molecule has 2 rings (SSSR count). The Labute approximate surface area is 123 Å². The van der Waals surface area contributed by atoms with Crippen LogP contribution in [0.5, 0.6) is 0 Å². The summed E-state index contributed by atoms with van der Waals surface area (Å²) in [6.07, 6.45) is 1.64. The van der Waals surface area contributed by atoms with Crippen LogP contribution in [-0.2, 0) is 6.54 Å². The van der Waals surface area contributed by atoms with Crippen LogP contribution in [-0.4, -0.2) is 15.7 Å². The molecule has 8 heteroatoms. The molecule has 0 radical (unpaired) electrons. The summed E-state index contributed by atoms with van der Waals surface area (Å²) < 4.78 is 0.442. The molecule has 0 amide bonds. The van der Waals surface area contributed by atoms with Gasteiger partial charge >= 0.3 is 0 Å². The number of benzene rings is 1. The molecule has 0 aliphatic rings. The fourth-order valence-corrected chi connectivity index (χ4v) is 2.56. The Morgan fingerprint density at radius 3 is 2.85 bits per heavy atom. The molecule has 1 heterocycles. The van der Waals surface area contributed by atoms with Crippen molar-refractivity contribution in [1.82, 2.24) is 4.98 Å². The summed E-state index contributed by atoms with van der Waals surface area (Å²) in [5.41, 5.74) is 0.726. The monoisotopic (exact) mass is 311 g/mol. The van der Waals surface area contributed by atoms with E-state index >= 15 is 0 Å². The van der Waals surface area contributed by atoms with Crippen LogP contribution in [0.2, 0.25) is 4.47 Å². The molecule has 6 nitrogen and oxygen atoms in total. The minimum atomic E-state index is -0.529. The first-order valence-electron chi connectivity index (χ1n) is 5.61. The molecule has 104 valence electrons. The molecule has 1 aromatic heterocycles. The number of nitro benzene ring substituents is 1. The van der Waals surface area contributed by atoms with E-state index in [-0.39, 0.29) is 17.0 Å². The highest BCUT2D eigenvalue weighted by atomic mass is 35.5. The lowest BCUT2D eigenvalue weighted by Crippen LogP contribution is -2.05. The van der Waals surface area contributed by atoms with E-state index in [2.05, 4.69) is 10.3 Å². The predicted octanol–water partition coefficient (Wildman–Crippen LogP) is 3.52. The minimum Gasteiger partial charge on any atom is -0.379 e. The summed E-state index contributed by atoms with van der Waals surface area (Å²) in [4.78, 5) is 26.6. The Kier molecular flexibility index (Phi) is 4.31. The second kappa shape index (κ2) is 5.98. The van der Waals surface area contributed by atoms with Gasteiger partial charge < -0.3 is 5.32 Å². The molecule has 20 heavy (non-hydrogen) atoms. The van der Waals surface area contributed by atoms with Crippen molar-refractivity contribution in [3.8, 4) is 0 Å².